The molecule has 4 aliphatic carbocycles. The molecule has 2 N–H and O–H groups in total. The quantitative estimate of drug-likeness (QED) is 0.532. The molecule has 0 saturated heterocycles. The minimum Gasteiger partial charge on any atom is -0.393 e. The van der Waals surface area contributed by atoms with Gasteiger partial charge in [0.25, 0.3) is 5.56 Å². The van der Waals surface area contributed by atoms with Gasteiger partial charge in [0, 0.05) is 12.5 Å². The van der Waals surface area contributed by atoms with E-state index in [0.717, 1.165) is 25.2 Å². The molecule has 4 saturated carbocycles. The van der Waals surface area contributed by atoms with Gasteiger partial charge in [-0.2, -0.15) is 0 Å². The van der Waals surface area contributed by atoms with Crippen molar-refractivity contribution < 1.29 is 9.50 Å². The third kappa shape index (κ3) is 3.79. The molecule has 2 aromatic rings. The van der Waals surface area contributed by atoms with Crippen LogP contribution in [0, 0.1) is 46.2 Å². The van der Waals surface area contributed by atoms with Crippen molar-refractivity contribution in [2.24, 2.45) is 40.4 Å². The lowest BCUT2D eigenvalue weighted by atomic mass is 9.44. The fraction of sp³-hybridized carbons (Fsp3) is 0.733. The highest BCUT2D eigenvalue weighted by atomic mass is 19.1. The van der Waals surface area contributed by atoms with E-state index < -0.39 is 0 Å². The van der Waals surface area contributed by atoms with E-state index in [1.807, 2.05) is 0 Å². The van der Waals surface area contributed by atoms with E-state index in [9.17, 15) is 14.3 Å². The molecule has 0 radical (unpaired) electrons. The Bertz CT molecular complexity index is 1160. The molecule has 0 bridgehead atoms. The number of aryl methyl sites for hydroxylation is 1. The van der Waals surface area contributed by atoms with Gasteiger partial charge in [-0.05, 0) is 110 Å². The molecule has 1 aromatic heterocycles. The molecule has 190 valence electrons. The summed E-state index contributed by atoms with van der Waals surface area (Å²) < 4.78 is 13.6. The molecule has 0 aliphatic heterocycles. The predicted octanol–water partition coefficient (Wildman–Crippen LogP) is 6.40. The monoisotopic (exact) mass is 480 g/mol. The highest BCUT2D eigenvalue weighted by molar-refractivity contribution is 5.77. The molecule has 0 amide bonds. The molecule has 8 atom stereocenters. The number of rotatable bonds is 4. The maximum Gasteiger partial charge on any atom is 0.258 e. The third-order valence-electron chi connectivity index (χ3n) is 11.5. The average Bonchev–Trinajstić information content (AvgIpc) is 3.15. The van der Waals surface area contributed by atoms with Crippen molar-refractivity contribution in [3.63, 3.8) is 0 Å². The standard InChI is InChI=1S/C30H41FN2O2/c1-29-14-4-3-6-19(29)16-25(34)27-22-12-9-18(30(22,2)15-13-23(27)29)7-5-8-26-32-24-17-20(31)10-11-21(24)28(35)33-26/h10-11,17-19,22-23,25,27,34H,3-9,12-16H2,1-2H3,(H,32,33,35). The first-order valence-corrected chi connectivity index (χ1v) is 14.2. The number of hydrogen-bond donors (Lipinski definition) is 2. The van der Waals surface area contributed by atoms with E-state index in [-0.39, 0.29) is 17.5 Å². The van der Waals surface area contributed by atoms with E-state index in [4.69, 9.17) is 0 Å². The number of benzene rings is 1. The zero-order chi connectivity index (χ0) is 24.4. The van der Waals surface area contributed by atoms with Gasteiger partial charge in [0.15, 0.2) is 0 Å². The van der Waals surface area contributed by atoms with E-state index in [1.54, 1.807) is 0 Å². The zero-order valence-electron chi connectivity index (χ0n) is 21.4. The van der Waals surface area contributed by atoms with Crippen molar-refractivity contribution in [2.45, 2.75) is 97.0 Å². The van der Waals surface area contributed by atoms with Crippen LogP contribution in [0.3, 0.4) is 0 Å². The molecule has 35 heavy (non-hydrogen) atoms. The summed E-state index contributed by atoms with van der Waals surface area (Å²) in [6, 6.07) is 4.16. The summed E-state index contributed by atoms with van der Waals surface area (Å²) in [5, 5.41) is 11.8. The average molecular weight is 481 g/mol. The number of nitrogens with zero attached hydrogens (tertiary/aromatic N) is 1. The summed E-state index contributed by atoms with van der Waals surface area (Å²) in [6.07, 6.45) is 14.2. The van der Waals surface area contributed by atoms with Crippen LogP contribution >= 0.6 is 0 Å². The van der Waals surface area contributed by atoms with Gasteiger partial charge in [-0.1, -0.05) is 26.7 Å². The van der Waals surface area contributed by atoms with Crippen LogP contribution in [-0.2, 0) is 6.42 Å². The van der Waals surface area contributed by atoms with Gasteiger partial charge in [0.05, 0.1) is 17.0 Å². The number of hydrogen-bond acceptors (Lipinski definition) is 3. The Labute approximate surface area is 208 Å². The summed E-state index contributed by atoms with van der Waals surface area (Å²) in [7, 11) is 0. The highest BCUT2D eigenvalue weighted by Crippen LogP contribution is 2.67. The van der Waals surface area contributed by atoms with Crippen LogP contribution in [0.25, 0.3) is 10.9 Å². The van der Waals surface area contributed by atoms with E-state index in [2.05, 4.69) is 23.8 Å². The van der Waals surface area contributed by atoms with Crippen molar-refractivity contribution >= 4 is 10.9 Å². The Morgan fingerprint density at radius 1 is 1.09 bits per heavy atom. The van der Waals surface area contributed by atoms with E-state index in [0.29, 0.717) is 57.6 Å². The number of H-pyrrole nitrogens is 1. The van der Waals surface area contributed by atoms with Crippen LogP contribution < -0.4 is 5.56 Å². The summed E-state index contributed by atoms with van der Waals surface area (Å²) in [5.74, 6) is 3.51. The Balaban J connectivity index is 1.15. The van der Waals surface area contributed by atoms with E-state index >= 15 is 0 Å². The summed E-state index contributed by atoms with van der Waals surface area (Å²) in [5.41, 5.74) is 1.01. The Hall–Kier alpha value is -1.75. The highest BCUT2D eigenvalue weighted by Gasteiger charge is 2.61. The topological polar surface area (TPSA) is 66.0 Å². The predicted molar refractivity (Wildman–Crippen MR) is 136 cm³/mol. The fourth-order valence-electron chi connectivity index (χ4n) is 9.63. The van der Waals surface area contributed by atoms with Crippen molar-refractivity contribution in [3.8, 4) is 0 Å². The molecule has 0 spiro atoms. The summed E-state index contributed by atoms with van der Waals surface area (Å²) >= 11 is 0. The number of aromatic nitrogens is 2. The third-order valence-corrected chi connectivity index (χ3v) is 11.5. The van der Waals surface area contributed by atoms with Crippen LogP contribution in [0.1, 0.15) is 90.3 Å². The van der Waals surface area contributed by atoms with Crippen LogP contribution in [-0.4, -0.2) is 21.2 Å². The van der Waals surface area contributed by atoms with Gasteiger partial charge >= 0.3 is 0 Å². The second-order valence-electron chi connectivity index (χ2n) is 12.9. The number of halogens is 1. The molecular weight excluding hydrogens is 439 g/mol. The lowest BCUT2D eigenvalue weighted by Crippen LogP contribution is -2.57. The Morgan fingerprint density at radius 2 is 1.91 bits per heavy atom. The van der Waals surface area contributed by atoms with Gasteiger partial charge in [-0.15, -0.1) is 0 Å². The first kappa shape index (κ1) is 23.6. The van der Waals surface area contributed by atoms with Crippen LogP contribution in [0.15, 0.2) is 23.0 Å². The van der Waals surface area contributed by atoms with Gasteiger partial charge in [-0.25, -0.2) is 9.37 Å². The molecule has 4 nitrogen and oxygen atoms in total. The number of nitrogens with one attached hydrogen (secondary N) is 1. The molecule has 4 fully saturated rings. The largest absolute Gasteiger partial charge is 0.393 e. The van der Waals surface area contributed by atoms with Gasteiger partial charge in [-0.3, -0.25) is 4.79 Å². The second-order valence-corrected chi connectivity index (χ2v) is 12.9. The molecular formula is C30H41FN2O2. The molecule has 4 aliphatic rings. The van der Waals surface area contributed by atoms with Crippen LogP contribution in [0.5, 0.6) is 0 Å². The molecule has 1 heterocycles. The molecule has 5 heteroatoms. The van der Waals surface area contributed by atoms with Crippen molar-refractivity contribution in [1.29, 1.82) is 0 Å². The molecule has 1 aromatic carbocycles. The zero-order valence-corrected chi connectivity index (χ0v) is 21.4. The van der Waals surface area contributed by atoms with E-state index in [1.165, 1.54) is 69.6 Å². The SMILES string of the molecule is CC12CCC3C(C(O)CC4CCCCC43C)C1CCC2CCCc1nc2cc(F)ccc2c(=O)[nH]1. The van der Waals surface area contributed by atoms with Crippen LogP contribution in [0.2, 0.25) is 0 Å². The first-order chi connectivity index (χ1) is 16.8. The number of aliphatic hydroxyl groups excluding tert-OH is 1. The van der Waals surface area contributed by atoms with Crippen molar-refractivity contribution in [1.82, 2.24) is 9.97 Å². The second kappa shape index (κ2) is 8.68. The molecule has 6 rings (SSSR count). The van der Waals surface area contributed by atoms with Gasteiger partial charge in [0.1, 0.15) is 11.6 Å². The van der Waals surface area contributed by atoms with Gasteiger partial charge in [0.2, 0.25) is 0 Å². The normalized spacial score (nSPS) is 40.8. The maximum absolute atomic E-state index is 13.6. The Kier molecular flexibility index (Phi) is 5.86. The van der Waals surface area contributed by atoms with Gasteiger partial charge < -0.3 is 10.1 Å². The lowest BCUT2D eigenvalue weighted by molar-refractivity contribution is -0.162. The molecule has 8 unspecified atom stereocenters. The smallest absolute Gasteiger partial charge is 0.258 e. The summed E-state index contributed by atoms with van der Waals surface area (Å²) in [4.78, 5) is 19.9. The Morgan fingerprint density at radius 3 is 2.77 bits per heavy atom. The lowest BCUT2D eigenvalue weighted by Gasteiger charge is -2.62. The van der Waals surface area contributed by atoms with Crippen molar-refractivity contribution in [2.75, 3.05) is 0 Å². The summed E-state index contributed by atoms with van der Waals surface area (Å²) in [6.45, 7) is 5.09. The minimum atomic E-state index is -0.361. The number of fused-ring (bicyclic) bond motifs is 6. The maximum atomic E-state index is 13.6. The minimum absolute atomic E-state index is 0.119. The van der Waals surface area contributed by atoms with Crippen LogP contribution in [0.4, 0.5) is 4.39 Å². The first-order valence-electron chi connectivity index (χ1n) is 14.2. The van der Waals surface area contributed by atoms with Crippen molar-refractivity contribution in [3.05, 3.63) is 40.2 Å². The number of aromatic amines is 1. The fourth-order valence-corrected chi connectivity index (χ4v) is 9.63. The number of aliphatic hydroxyl groups is 1.